The van der Waals surface area contributed by atoms with Crippen molar-refractivity contribution >= 4 is 5.97 Å². The summed E-state index contributed by atoms with van der Waals surface area (Å²) in [5, 5.41) is 9.83. The van der Waals surface area contributed by atoms with Crippen LogP contribution in [-0.4, -0.2) is 11.6 Å². The van der Waals surface area contributed by atoms with Crippen molar-refractivity contribution in [3.63, 3.8) is 0 Å². The van der Waals surface area contributed by atoms with Gasteiger partial charge >= 0.3 is 5.97 Å². The maximum atomic E-state index is 12.8. The van der Waals surface area contributed by atoms with Crippen LogP contribution >= 0.6 is 0 Å². The molecule has 0 aromatic heterocycles. The number of esters is 1. The van der Waals surface area contributed by atoms with Crippen molar-refractivity contribution in [1.82, 2.24) is 0 Å². The van der Waals surface area contributed by atoms with E-state index < -0.39 is 11.0 Å². The van der Waals surface area contributed by atoms with Crippen LogP contribution in [0.2, 0.25) is 0 Å². The van der Waals surface area contributed by atoms with E-state index in [9.17, 15) is 10.1 Å². The molecule has 4 aliphatic carbocycles. The van der Waals surface area contributed by atoms with Crippen molar-refractivity contribution in [3.05, 3.63) is 0 Å². The van der Waals surface area contributed by atoms with Gasteiger partial charge in [0, 0.05) is 5.41 Å². The van der Waals surface area contributed by atoms with E-state index in [1.807, 2.05) is 20.8 Å². The fraction of sp³-hybridized carbons (Fsp3) is 0.909. The zero-order valence-electron chi connectivity index (χ0n) is 17.2. The lowest BCUT2D eigenvalue weighted by atomic mass is 9.55. The van der Waals surface area contributed by atoms with Crippen LogP contribution in [0.1, 0.15) is 87.0 Å². The normalized spacial score (nSPS) is 37.2. The zero-order chi connectivity index (χ0) is 18.9. The van der Waals surface area contributed by atoms with E-state index in [1.165, 1.54) is 12.8 Å². The maximum Gasteiger partial charge on any atom is 0.312 e. The van der Waals surface area contributed by atoms with Crippen molar-refractivity contribution in [2.24, 2.45) is 33.5 Å². The van der Waals surface area contributed by atoms with Crippen LogP contribution in [0.25, 0.3) is 0 Å². The second kappa shape index (κ2) is 5.24. The molecular weight excluding hydrogens is 310 g/mol. The van der Waals surface area contributed by atoms with Crippen molar-refractivity contribution < 1.29 is 9.53 Å². The summed E-state index contributed by atoms with van der Waals surface area (Å²) < 4.78 is 6.19. The summed E-state index contributed by atoms with van der Waals surface area (Å²) in [5.74, 6) is 1.22. The standard InChI is InChI=1S/C22H35NO2/c1-8-18(2,3)17(24)25-20(6,7)21-10-15-9-16(12-21)22(11-15,13-21)19(4,5)14-23/h15-16H,8-13H2,1-7H3. The minimum Gasteiger partial charge on any atom is -0.459 e. The molecule has 4 atom stereocenters. The van der Waals surface area contributed by atoms with Crippen molar-refractivity contribution in [3.8, 4) is 6.07 Å². The van der Waals surface area contributed by atoms with Crippen LogP contribution in [0.15, 0.2) is 0 Å². The number of hydrogen-bond donors (Lipinski definition) is 0. The number of ether oxygens (including phenoxy) is 1. The van der Waals surface area contributed by atoms with Gasteiger partial charge in [-0.15, -0.1) is 0 Å². The Hall–Kier alpha value is -1.04. The molecule has 4 bridgehead atoms. The summed E-state index contributed by atoms with van der Waals surface area (Å²) in [6, 6.07) is 2.62. The molecule has 4 aliphatic rings. The van der Waals surface area contributed by atoms with Crippen molar-refractivity contribution in [2.75, 3.05) is 0 Å². The molecular formula is C22H35NO2. The van der Waals surface area contributed by atoms with E-state index in [1.54, 1.807) is 0 Å². The Morgan fingerprint density at radius 2 is 1.80 bits per heavy atom. The molecule has 25 heavy (non-hydrogen) atoms. The predicted molar refractivity (Wildman–Crippen MR) is 98.6 cm³/mol. The second-order valence-corrected chi connectivity index (χ2v) is 10.9. The summed E-state index contributed by atoms with van der Waals surface area (Å²) in [7, 11) is 0. The van der Waals surface area contributed by atoms with E-state index in [-0.39, 0.29) is 22.2 Å². The zero-order valence-corrected chi connectivity index (χ0v) is 17.2. The van der Waals surface area contributed by atoms with Crippen LogP contribution in [0.5, 0.6) is 0 Å². The topological polar surface area (TPSA) is 50.1 Å². The average Bonchev–Trinajstić information content (AvgIpc) is 2.92. The summed E-state index contributed by atoms with van der Waals surface area (Å²) in [6.45, 7) is 14.5. The number of hydrogen-bond acceptors (Lipinski definition) is 3. The largest absolute Gasteiger partial charge is 0.459 e. The minimum absolute atomic E-state index is 0.0342. The third-order valence-electron chi connectivity index (χ3n) is 8.61. The molecule has 3 nitrogen and oxygen atoms in total. The predicted octanol–water partition coefficient (Wildman–Crippen LogP) is 5.49. The van der Waals surface area contributed by atoms with Gasteiger partial charge < -0.3 is 4.74 Å². The van der Waals surface area contributed by atoms with Gasteiger partial charge in [0.05, 0.1) is 16.9 Å². The molecule has 0 aliphatic heterocycles. The van der Waals surface area contributed by atoms with Gasteiger partial charge in [-0.1, -0.05) is 6.92 Å². The molecule has 0 aromatic rings. The molecule has 0 radical (unpaired) electrons. The van der Waals surface area contributed by atoms with E-state index in [0.717, 1.165) is 25.7 Å². The van der Waals surface area contributed by atoms with Crippen LogP contribution < -0.4 is 0 Å². The number of nitriles is 1. The maximum absolute atomic E-state index is 12.8. The van der Waals surface area contributed by atoms with Crippen molar-refractivity contribution in [1.29, 1.82) is 5.26 Å². The van der Waals surface area contributed by atoms with Crippen LogP contribution in [0, 0.1) is 44.8 Å². The smallest absolute Gasteiger partial charge is 0.312 e. The second-order valence-electron chi connectivity index (χ2n) is 10.9. The summed E-state index contributed by atoms with van der Waals surface area (Å²) >= 11 is 0. The first-order valence-corrected chi connectivity index (χ1v) is 9.99. The van der Waals surface area contributed by atoms with Gasteiger partial charge in [-0.3, -0.25) is 4.79 Å². The Morgan fingerprint density at radius 1 is 1.16 bits per heavy atom. The monoisotopic (exact) mass is 345 g/mol. The molecule has 0 heterocycles. The minimum atomic E-state index is -0.471. The van der Waals surface area contributed by atoms with Gasteiger partial charge in [-0.05, 0) is 97.3 Å². The van der Waals surface area contributed by atoms with Gasteiger partial charge in [-0.25, -0.2) is 0 Å². The summed E-state index contributed by atoms with van der Waals surface area (Å²) in [6.07, 6.45) is 6.53. The lowest BCUT2D eigenvalue weighted by Gasteiger charge is -2.52. The third-order valence-corrected chi connectivity index (χ3v) is 8.61. The first-order chi connectivity index (χ1) is 11.3. The Morgan fingerprint density at radius 3 is 2.36 bits per heavy atom. The molecule has 0 spiro atoms. The molecule has 0 amide bonds. The molecule has 0 N–H and O–H groups in total. The summed E-state index contributed by atoms with van der Waals surface area (Å²) in [4.78, 5) is 12.8. The van der Waals surface area contributed by atoms with E-state index >= 15 is 0 Å². The highest BCUT2D eigenvalue weighted by atomic mass is 16.6. The SMILES string of the molecule is CCC(C)(C)C(=O)OC(C)(C)C12CC3CC(C1)C(C(C)(C)C#N)(C3)C2. The van der Waals surface area contributed by atoms with Crippen LogP contribution in [0.4, 0.5) is 0 Å². The van der Waals surface area contributed by atoms with Crippen LogP contribution in [-0.2, 0) is 9.53 Å². The molecule has 4 rings (SSSR count). The van der Waals surface area contributed by atoms with E-state index in [2.05, 4.69) is 33.8 Å². The average molecular weight is 346 g/mol. The fourth-order valence-electron chi connectivity index (χ4n) is 6.32. The van der Waals surface area contributed by atoms with Gasteiger partial charge in [0.25, 0.3) is 0 Å². The van der Waals surface area contributed by atoms with Crippen LogP contribution in [0.3, 0.4) is 0 Å². The molecule has 4 fully saturated rings. The first-order valence-electron chi connectivity index (χ1n) is 9.99. The third kappa shape index (κ3) is 2.39. The molecule has 0 saturated heterocycles. The van der Waals surface area contributed by atoms with E-state index in [0.29, 0.717) is 11.8 Å². The Balaban J connectivity index is 1.91. The molecule has 3 heteroatoms. The molecule has 4 saturated carbocycles. The first kappa shape index (κ1) is 18.7. The highest BCUT2D eigenvalue weighted by Crippen LogP contribution is 2.77. The molecule has 0 aromatic carbocycles. The van der Waals surface area contributed by atoms with Crippen molar-refractivity contribution in [2.45, 2.75) is 92.6 Å². The Labute approximate surface area is 153 Å². The van der Waals surface area contributed by atoms with Gasteiger partial charge in [0.15, 0.2) is 0 Å². The lowest BCUT2D eigenvalue weighted by Crippen LogP contribution is -2.52. The molecule has 140 valence electrons. The fourth-order valence-corrected chi connectivity index (χ4v) is 6.32. The highest BCUT2D eigenvalue weighted by Gasteiger charge is 2.72. The number of nitrogens with zero attached hydrogens (tertiary/aromatic N) is 1. The molecule has 4 unspecified atom stereocenters. The Bertz CT molecular complexity index is 626. The number of carbonyl (C=O) groups excluding carboxylic acids is 1. The number of rotatable bonds is 5. The van der Waals surface area contributed by atoms with Gasteiger partial charge in [0.2, 0.25) is 0 Å². The lowest BCUT2D eigenvalue weighted by molar-refractivity contribution is -0.188. The highest BCUT2D eigenvalue weighted by molar-refractivity contribution is 5.76. The quantitative estimate of drug-likeness (QED) is 0.619. The van der Waals surface area contributed by atoms with Gasteiger partial charge in [-0.2, -0.15) is 5.26 Å². The number of carbonyl (C=O) groups is 1. The van der Waals surface area contributed by atoms with E-state index in [4.69, 9.17) is 4.74 Å². The van der Waals surface area contributed by atoms with Gasteiger partial charge in [0.1, 0.15) is 5.60 Å². The summed E-state index contributed by atoms with van der Waals surface area (Å²) in [5.41, 5.74) is -1.08. The Kier molecular flexibility index (Phi) is 3.93.